The van der Waals surface area contributed by atoms with E-state index in [1.165, 1.54) is 24.5 Å². The molecule has 2 atom stereocenters. The van der Waals surface area contributed by atoms with Crippen molar-refractivity contribution < 1.29 is 19.2 Å². The Hall–Kier alpha value is -2.87. The predicted octanol–water partition coefficient (Wildman–Crippen LogP) is 3.13. The van der Waals surface area contributed by atoms with Crippen molar-refractivity contribution in [2.45, 2.75) is 32.4 Å². The number of nitrogens with one attached hydrogen (secondary N) is 2. The van der Waals surface area contributed by atoms with Crippen LogP contribution < -0.4 is 10.6 Å². The third-order valence-corrected chi connectivity index (χ3v) is 3.48. The summed E-state index contributed by atoms with van der Waals surface area (Å²) < 4.78 is 5.11. The van der Waals surface area contributed by atoms with E-state index >= 15 is 0 Å². The number of nitrogens with zero attached hydrogens (tertiary/aromatic N) is 1. The number of rotatable bonds is 6. The summed E-state index contributed by atoms with van der Waals surface area (Å²) in [6, 6.07) is 6.92. The number of carbonyl (C=O) groups excluding carboxylic acids is 1. The first-order valence-electron chi connectivity index (χ1n) is 7.41. The van der Waals surface area contributed by atoms with Gasteiger partial charge in [-0.05, 0) is 38.1 Å². The average Bonchev–Trinajstić information content (AvgIpc) is 3.00. The Labute approximate surface area is 138 Å². The topological polar surface area (TPSA) is 118 Å². The molecule has 0 radical (unpaired) electrons. The number of anilines is 1. The number of hydrogen-bond acceptors (Lipinski definition) is 5. The van der Waals surface area contributed by atoms with Gasteiger partial charge < -0.3 is 20.2 Å². The molecule has 2 amide bonds. The number of furan rings is 1. The molecule has 0 saturated heterocycles. The quantitative estimate of drug-likeness (QED) is 0.554. The molecular weight excluding hydrogens is 314 g/mol. The van der Waals surface area contributed by atoms with E-state index in [0.29, 0.717) is 23.4 Å². The minimum Gasteiger partial charge on any atom is -0.467 e. The van der Waals surface area contributed by atoms with E-state index in [9.17, 15) is 20.0 Å². The first-order valence-corrected chi connectivity index (χ1v) is 7.41. The molecule has 8 nitrogen and oxygen atoms in total. The van der Waals surface area contributed by atoms with Gasteiger partial charge in [0, 0.05) is 29.8 Å². The van der Waals surface area contributed by atoms with Crippen LogP contribution in [0, 0.1) is 17.0 Å². The first-order chi connectivity index (χ1) is 11.4. The van der Waals surface area contributed by atoms with Gasteiger partial charge >= 0.3 is 6.03 Å². The fourth-order valence-electron chi connectivity index (χ4n) is 2.32. The van der Waals surface area contributed by atoms with Crippen molar-refractivity contribution in [1.29, 1.82) is 0 Å². The minimum absolute atomic E-state index is 0.00380. The number of nitro benzene ring substituents is 1. The van der Waals surface area contributed by atoms with E-state index in [4.69, 9.17) is 4.42 Å². The van der Waals surface area contributed by atoms with Crippen LogP contribution in [0.2, 0.25) is 0 Å². The highest BCUT2D eigenvalue weighted by molar-refractivity contribution is 5.89. The molecule has 0 saturated carbocycles. The van der Waals surface area contributed by atoms with Crippen molar-refractivity contribution in [3.05, 3.63) is 58.0 Å². The molecule has 8 heteroatoms. The van der Waals surface area contributed by atoms with Gasteiger partial charge in [-0.1, -0.05) is 0 Å². The molecule has 1 heterocycles. The molecule has 128 valence electrons. The molecule has 0 bridgehead atoms. The van der Waals surface area contributed by atoms with Gasteiger partial charge in [-0.3, -0.25) is 10.1 Å². The second-order valence-electron chi connectivity index (χ2n) is 5.52. The van der Waals surface area contributed by atoms with Crippen LogP contribution in [0.25, 0.3) is 0 Å². The summed E-state index contributed by atoms with van der Waals surface area (Å²) in [6.07, 6.45) is 0.956. The van der Waals surface area contributed by atoms with Crippen molar-refractivity contribution in [2.75, 3.05) is 5.32 Å². The molecule has 0 aliphatic rings. The van der Waals surface area contributed by atoms with E-state index in [0.717, 1.165) is 0 Å². The molecule has 0 spiro atoms. The van der Waals surface area contributed by atoms with Gasteiger partial charge in [0.2, 0.25) is 0 Å². The summed E-state index contributed by atoms with van der Waals surface area (Å²) >= 11 is 0. The zero-order valence-electron chi connectivity index (χ0n) is 13.4. The second kappa shape index (κ2) is 7.60. The standard InChI is InChI=1S/C16H19N3O5/c1-10-8-12(5-6-13(10)19(22)23)18-16(21)17-11(2)9-14(20)15-4-3-7-24-15/h3-8,11,14,20H,9H2,1-2H3,(H2,17,18,21)/t11-,14-/m1/s1. The number of nitro groups is 1. The van der Waals surface area contributed by atoms with Crippen molar-refractivity contribution in [3.8, 4) is 0 Å². The Kier molecular flexibility index (Phi) is 5.54. The minimum atomic E-state index is -0.808. The van der Waals surface area contributed by atoms with Gasteiger partial charge in [-0.25, -0.2) is 4.79 Å². The van der Waals surface area contributed by atoms with Crippen LogP contribution in [0.1, 0.15) is 30.8 Å². The fraction of sp³-hybridized carbons (Fsp3) is 0.312. The average molecular weight is 333 g/mol. The molecule has 1 aromatic carbocycles. The SMILES string of the molecule is Cc1cc(NC(=O)N[C@H](C)C[C@@H](O)c2ccco2)ccc1[N+](=O)[O-]. The number of aliphatic hydroxyl groups is 1. The van der Waals surface area contributed by atoms with Gasteiger partial charge in [0.05, 0.1) is 11.2 Å². The van der Waals surface area contributed by atoms with Crippen LogP contribution in [0.5, 0.6) is 0 Å². The maximum absolute atomic E-state index is 12.0. The number of benzene rings is 1. The van der Waals surface area contributed by atoms with Gasteiger partial charge in [-0.15, -0.1) is 0 Å². The Balaban J connectivity index is 1.88. The number of carbonyl (C=O) groups is 1. The zero-order chi connectivity index (χ0) is 17.7. The summed E-state index contributed by atoms with van der Waals surface area (Å²) in [7, 11) is 0. The van der Waals surface area contributed by atoms with Gasteiger partial charge in [0.25, 0.3) is 5.69 Å². The molecule has 0 fully saturated rings. The van der Waals surface area contributed by atoms with E-state index in [1.54, 1.807) is 26.0 Å². The number of hydrogen-bond donors (Lipinski definition) is 3. The fourth-order valence-corrected chi connectivity index (χ4v) is 2.32. The van der Waals surface area contributed by atoms with E-state index in [1.807, 2.05) is 0 Å². The van der Waals surface area contributed by atoms with Crippen LogP contribution in [0.15, 0.2) is 41.0 Å². The Bertz CT molecular complexity index is 715. The highest BCUT2D eigenvalue weighted by atomic mass is 16.6. The third-order valence-electron chi connectivity index (χ3n) is 3.48. The highest BCUT2D eigenvalue weighted by Gasteiger charge is 2.17. The predicted molar refractivity (Wildman–Crippen MR) is 87.7 cm³/mol. The summed E-state index contributed by atoms with van der Waals surface area (Å²) in [5, 5.41) is 26.1. The lowest BCUT2D eigenvalue weighted by atomic mass is 10.1. The maximum Gasteiger partial charge on any atom is 0.319 e. The van der Waals surface area contributed by atoms with Gasteiger partial charge in [-0.2, -0.15) is 0 Å². The van der Waals surface area contributed by atoms with E-state index in [-0.39, 0.29) is 11.7 Å². The summed E-state index contributed by atoms with van der Waals surface area (Å²) in [5.41, 5.74) is 0.907. The number of aryl methyl sites for hydroxylation is 1. The zero-order valence-corrected chi connectivity index (χ0v) is 13.4. The normalized spacial score (nSPS) is 13.1. The number of amides is 2. The van der Waals surface area contributed by atoms with Crippen LogP contribution in [-0.4, -0.2) is 22.1 Å². The van der Waals surface area contributed by atoms with E-state index < -0.39 is 17.1 Å². The number of urea groups is 1. The Morgan fingerprint density at radius 2 is 2.17 bits per heavy atom. The van der Waals surface area contributed by atoms with Crippen molar-refractivity contribution in [1.82, 2.24) is 5.32 Å². The third kappa shape index (κ3) is 4.56. The Morgan fingerprint density at radius 1 is 1.42 bits per heavy atom. The lowest BCUT2D eigenvalue weighted by Gasteiger charge is -2.17. The van der Waals surface area contributed by atoms with Crippen molar-refractivity contribution in [2.24, 2.45) is 0 Å². The number of aliphatic hydroxyl groups excluding tert-OH is 1. The van der Waals surface area contributed by atoms with Crippen LogP contribution >= 0.6 is 0 Å². The summed E-state index contributed by atoms with van der Waals surface area (Å²) in [6.45, 7) is 3.36. The van der Waals surface area contributed by atoms with Gasteiger partial charge in [0.15, 0.2) is 0 Å². The lowest BCUT2D eigenvalue weighted by molar-refractivity contribution is -0.385. The molecule has 3 N–H and O–H groups in total. The summed E-state index contributed by atoms with van der Waals surface area (Å²) in [5.74, 6) is 0.440. The molecule has 0 unspecified atom stereocenters. The largest absolute Gasteiger partial charge is 0.467 e. The first kappa shape index (κ1) is 17.5. The lowest BCUT2D eigenvalue weighted by Crippen LogP contribution is -2.37. The maximum atomic E-state index is 12.0. The monoisotopic (exact) mass is 333 g/mol. The Morgan fingerprint density at radius 3 is 2.75 bits per heavy atom. The smallest absolute Gasteiger partial charge is 0.319 e. The van der Waals surface area contributed by atoms with Gasteiger partial charge in [0.1, 0.15) is 11.9 Å². The summed E-state index contributed by atoms with van der Waals surface area (Å²) in [4.78, 5) is 22.3. The second-order valence-corrected chi connectivity index (χ2v) is 5.52. The molecule has 0 aliphatic carbocycles. The highest BCUT2D eigenvalue weighted by Crippen LogP contribution is 2.22. The molecule has 0 aliphatic heterocycles. The molecule has 2 aromatic rings. The molecule has 1 aromatic heterocycles. The molecule has 2 rings (SSSR count). The van der Waals surface area contributed by atoms with Crippen molar-refractivity contribution >= 4 is 17.4 Å². The van der Waals surface area contributed by atoms with Crippen LogP contribution in [0.4, 0.5) is 16.2 Å². The van der Waals surface area contributed by atoms with Crippen LogP contribution in [0.3, 0.4) is 0 Å². The van der Waals surface area contributed by atoms with E-state index in [2.05, 4.69) is 10.6 Å². The molecular formula is C16H19N3O5. The molecule has 24 heavy (non-hydrogen) atoms. The van der Waals surface area contributed by atoms with Crippen molar-refractivity contribution in [3.63, 3.8) is 0 Å². The van der Waals surface area contributed by atoms with Crippen LogP contribution in [-0.2, 0) is 0 Å².